The Hall–Kier alpha value is -1.71. The van der Waals surface area contributed by atoms with Crippen molar-refractivity contribution in [3.8, 4) is 0 Å². The molecule has 0 radical (unpaired) electrons. The van der Waals surface area contributed by atoms with E-state index in [0.717, 1.165) is 44.1 Å². The first-order valence-corrected chi connectivity index (χ1v) is 15.1. The summed E-state index contributed by atoms with van der Waals surface area (Å²) >= 11 is 0. The summed E-state index contributed by atoms with van der Waals surface area (Å²) in [6, 6.07) is 0. The van der Waals surface area contributed by atoms with Crippen LogP contribution in [0.5, 0.6) is 0 Å². The van der Waals surface area contributed by atoms with Gasteiger partial charge >= 0.3 is 6.16 Å². The minimum Gasteiger partial charge on any atom is -0.432 e. The van der Waals surface area contributed by atoms with E-state index in [9.17, 15) is 4.79 Å². The second-order valence-electron chi connectivity index (χ2n) is 11.8. The minimum atomic E-state index is -0.702. The smallest absolute Gasteiger partial charge is 0.432 e. The van der Waals surface area contributed by atoms with E-state index in [2.05, 4.69) is 52.8 Å². The largest absolute Gasteiger partial charge is 0.513 e. The maximum atomic E-state index is 12.9. The molecular weight excluding hydrogens is 512 g/mol. The summed E-state index contributed by atoms with van der Waals surface area (Å²) < 4.78 is 39.5. The molecule has 1 heterocycles. The Morgan fingerprint density at radius 1 is 0.950 bits per heavy atom. The number of unbranched alkanes of at least 4 members (excludes halogenated alkanes) is 2. The van der Waals surface area contributed by atoms with E-state index in [0.29, 0.717) is 51.3 Å². The van der Waals surface area contributed by atoms with Crippen LogP contribution >= 0.6 is 0 Å². The van der Waals surface area contributed by atoms with E-state index in [4.69, 9.17) is 33.2 Å². The van der Waals surface area contributed by atoms with Gasteiger partial charge in [-0.25, -0.2) is 4.79 Å². The van der Waals surface area contributed by atoms with E-state index in [-0.39, 0.29) is 30.8 Å². The van der Waals surface area contributed by atoms with Gasteiger partial charge in [-0.15, -0.1) is 0 Å². The minimum absolute atomic E-state index is 0.111. The van der Waals surface area contributed by atoms with Crippen molar-refractivity contribution in [2.45, 2.75) is 84.8 Å². The highest BCUT2D eigenvalue weighted by atomic mass is 16.7. The van der Waals surface area contributed by atoms with E-state index >= 15 is 0 Å². The third kappa shape index (κ3) is 8.89. The maximum absolute atomic E-state index is 12.9. The van der Waals surface area contributed by atoms with E-state index in [1.54, 1.807) is 7.11 Å². The van der Waals surface area contributed by atoms with Gasteiger partial charge < -0.3 is 33.2 Å². The Kier molecular flexibility index (Phi) is 13.2. The van der Waals surface area contributed by atoms with Crippen LogP contribution in [0.2, 0.25) is 0 Å². The van der Waals surface area contributed by atoms with Gasteiger partial charge in [0.1, 0.15) is 12.4 Å². The molecule has 0 N–H and O–H groups in total. The zero-order chi connectivity index (χ0) is 29.0. The molecular formula is C32H52O8. The molecule has 1 aliphatic heterocycles. The van der Waals surface area contributed by atoms with Gasteiger partial charge in [0.2, 0.25) is 0 Å². The summed E-state index contributed by atoms with van der Waals surface area (Å²) in [5, 5.41) is 0. The van der Waals surface area contributed by atoms with Gasteiger partial charge in [-0.05, 0) is 76.9 Å². The van der Waals surface area contributed by atoms with Crippen molar-refractivity contribution >= 4 is 6.16 Å². The van der Waals surface area contributed by atoms with Crippen molar-refractivity contribution in [1.29, 1.82) is 0 Å². The Bertz CT molecular complexity index is 891. The first kappa shape index (κ1) is 32.8. The summed E-state index contributed by atoms with van der Waals surface area (Å²) in [6.07, 6.45) is 12.3. The first-order valence-electron chi connectivity index (χ1n) is 15.1. The lowest BCUT2D eigenvalue weighted by molar-refractivity contribution is -0.203. The number of carbonyl (C=O) groups excluding carboxylic acids is 1. The predicted molar refractivity (Wildman–Crippen MR) is 154 cm³/mol. The van der Waals surface area contributed by atoms with Crippen LogP contribution < -0.4 is 0 Å². The second-order valence-corrected chi connectivity index (χ2v) is 11.8. The van der Waals surface area contributed by atoms with Gasteiger partial charge in [0, 0.05) is 7.11 Å². The molecule has 0 bridgehead atoms. The summed E-state index contributed by atoms with van der Waals surface area (Å²) in [4.78, 5) is 12.9. The number of allylic oxidation sites excluding steroid dienone is 4. The zero-order valence-corrected chi connectivity index (χ0v) is 25.6. The average Bonchev–Trinajstić information content (AvgIpc) is 2.91. The molecule has 0 saturated carbocycles. The molecule has 1 saturated heterocycles. The molecule has 2 aliphatic carbocycles. The van der Waals surface area contributed by atoms with Crippen LogP contribution in [0.4, 0.5) is 4.79 Å². The van der Waals surface area contributed by atoms with Gasteiger partial charge in [0.25, 0.3) is 0 Å². The maximum Gasteiger partial charge on any atom is 0.513 e. The fourth-order valence-corrected chi connectivity index (χ4v) is 6.11. The lowest BCUT2D eigenvalue weighted by Crippen LogP contribution is -2.59. The van der Waals surface area contributed by atoms with Crippen molar-refractivity contribution in [1.82, 2.24) is 0 Å². The number of carbonyl (C=O) groups is 1. The fourth-order valence-electron chi connectivity index (χ4n) is 6.11. The molecule has 228 valence electrons. The normalized spacial score (nSPS) is 27.1. The van der Waals surface area contributed by atoms with Crippen LogP contribution in [-0.2, 0) is 33.2 Å². The molecule has 1 fully saturated rings. The molecule has 4 atom stereocenters. The molecule has 8 nitrogen and oxygen atoms in total. The van der Waals surface area contributed by atoms with E-state index in [1.165, 1.54) is 5.57 Å². The Balaban J connectivity index is 1.55. The molecule has 3 rings (SSSR count). The number of hydrogen-bond donors (Lipinski definition) is 0. The van der Waals surface area contributed by atoms with Gasteiger partial charge in [-0.3, -0.25) is 0 Å². The average molecular weight is 565 g/mol. The first-order chi connectivity index (χ1) is 19.2. The quantitative estimate of drug-likeness (QED) is 0.114. The summed E-state index contributed by atoms with van der Waals surface area (Å²) in [5.74, 6) is 1.19. The number of rotatable bonds is 17. The Labute approximate surface area is 241 Å². The highest BCUT2D eigenvalue weighted by Crippen LogP contribution is 2.58. The highest BCUT2D eigenvalue weighted by molar-refractivity contribution is 5.62. The molecule has 0 aromatic rings. The van der Waals surface area contributed by atoms with Crippen LogP contribution in [0.1, 0.15) is 73.1 Å². The molecule has 8 heteroatoms. The zero-order valence-electron chi connectivity index (χ0n) is 25.6. The summed E-state index contributed by atoms with van der Waals surface area (Å²) in [7, 11) is 1.64. The van der Waals surface area contributed by atoms with Crippen LogP contribution in [0, 0.1) is 17.3 Å². The number of fused-ring (bicyclic) bond motifs is 3. The highest BCUT2D eigenvalue weighted by Gasteiger charge is 2.59. The third-order valence-electron chi connectivity index (χ3n) is 8.45. The van der Waals surface area contributed by atoms with Crippen LogP contribution in [-0.4, -0.2) is 77.8 Å². The predicted octanol–water partition coefficient (Wildman–Crippen LogP) is 6.40. The molecule has 0 aromatic carbocycles. The molecule has 0 spiro atoms. The standard InChI is InChI=1S/C32H52O8/c1-7-8-9-10-25-22-28(39-30(33)38-20-19-37-18-17-36-16-15-35-14-13-34-6)32(5)27-21-24(2)11-12-26(27)31(3,4)40-29(32)23-25/h21-23,26-27,29H,7-20H2,1-6H3/t26-,27-,29?,32?/m1/s1. The van der Waals surface area contributed by atoms with Crippen LogP contribution in [0.3, 0.4) is 0 Å². The second kappa shape index (κ2) is 16.1. The van der Waals surface area contributed by atoms with E-state index < -0.39 is 11.6 Å². The molecule has 3 aliphatic rings. The topological polar surface area (TPSA) is 81.7 Å². The summed E-state index contributed by atoms with van der Waals surface area (Å²) in [5.41, 5.74) is 1.80. The van der Waals surface area contributed by atoms with E-state index in [1.807, 2.05) is 0 Å². The molecule has 2 unspecified atom stereocenters. The van der Waals surface area contributed by atoms with Crippen molar-refractivity contribution in [3.63, 3.8) is 0 Å². The van der Waals surface area contributed by atoms with Gasteiger partial charge in [0.15, 0.2) is 0 Å². The lowest BCUT2D eigenvalue weighted by atomic mass is 9.55. The molecule has 0 amide bonds. The SMILES string of the molecule is CCCCCC1=CC2OC(C)(C)[C@@H]3CCC(C)=C[C@H]3C2(C)C(OC(=O)OCCOCCOCCOCCOC)=C1. The molecule has 40 heavy (non-hydrogen) atoms. The third-order valence-corrected chi connectivity index (χ3v) is 8.45. The lowest BCUT2D eigenvalue weighted by Gasteiger charge is -2.58. The molecule has 0 aromatic heterocycles. The summed E-state index contributed by atoms with van der Waals surface area (Å²) in [6.45, 7) is 14.4. The fraction of sp³-hybridized carbons (Fsp3) is 0.781. The van der Waals surface area contributed by atoms with Gasteiger partial charge in [-0.1, -0.05) is 37.5 Å². The van der Waals surface area contributed by atoms with Gasteiger partial charge in [0.05, 0.1) is 63.4 Å². The monoisotopic (exact) mass is 564 g/mol. The Morgan fingerprint density at radius 3 is 2.25 bits per heavy atom. The van der Waals surface area contributed by atoms with Crippen molar-refractivity contribution in [2.24, 2.45) is 17.3 Å². The van der Waals surface area contributed by atoms with Crippen molar-refractivity contribution < 1.29 is 38.0 Å². The Morgan fingerprint density at radius 2 is 1.60 bits per heavy atom. The number of hydrogen-bond acceptors (Lipinski definition) is 8. The van der Waals surface area contributed by atoms with Crippen LogP contribution in [0.15, 0.2) is 35.1 Å². The van der Waals surface area contributed by atoms with Crippen molar-refractivity contribution in [2.75, 3.05) is 60.0 Å². The number of methoxy groups -OCH3 is 1. The van der Waals surface area contributed by atoms with Gasteiger partial charge in [-0.2, -0.15) is 0 Å². The van der Waals surface area contributed by atoms with Crippen LogP contribution in [0.25, 0.3) is 0 Å². The number of ether oxygens (including phenoxy) is 7. The van der Waals surface area contributed by atoms with Crippen molar-refractivity contribution in [3.05, 3.63) is 35.1 Å².